The number of hydrogen-bond acceptors (Lipinski definition) is 2. The highest BCUT2D eigenvalue weighted by molar-refractivity contribution is 7.10. The lowest BCUT2D eigenvalue weighted by Crippen LogP contribution is -1.99. The number of hydrogen-bond donors (Lipinski definition) is 0. The maximum Gasteiger partial charge on any atom is 0.168 e. The molecule has 0 atom stereocenters. The number of ketones is 1. The van der Waals surface area contributed by atoms with Crippen molar-refractivity contribution in [1.29, 1.82) is 0 Å². The van der Waals surface area contributed by atoms with Gasteiger partial charge in [-0.1, -0.05) is 36.3 Å². The van der Waals surface area contributed by atoms with Gasteiger partial charge in [-0.05, 0) is 36.4 Å². The molecule has 0 bridgehead atoms. The molecule has 1 aromatic heterocycles. The molecule has 0 aliphatic carbocycles. The Morgan fingerprint density at radius 2 is 1.95 bits per heavy atom. The van der Waals surface area contributed by atoms with Crippen LogP contribution in [-0.2, 0) is 0 Å². The fraction of sp³-hybridized carbons (Fsp3) is 0.118. The predicted molar refractivity (Wildman–Crippen MR) is 80.5 cm³/mol. The van der Waals surface area contributed by atoms with E-state index in [1.165, 1.54) is 11.3 Å². The fourth-order valence-electron chi connectivity index (χ4n) is 1.65. The molecule has 1 nitrogen and oxygen atoms in total. The molecule has 94 valence electrons. The predicted octanol–water partition coefficient (Wildman–Crippen LogP) is 4.30. The molecular weight excluding hydrogens is 252 g/mol. The van der Waals surface area contributed by atoms with Crippen molar-refractivity contribution in [2.24, 2.45) is 0 Å². The minimum absolute atomic E-state index is 0.0890. The second kappa shape index (κ2) is 6.17. The van der Waals surface area contributed by atoms with Gasteiger partial charge in [-0.3, -0.25) is 4.79 Å². The van der Waals surface area contributed by atoms with Gasteiger partial charge < -0.3 is 0 Å². The second-order valence-electron chi connectivity index (χ2n) is 4.34. The summed E-state index contributed by atoms with van der Waals surface area (Å²) in [6.45, 7) is 5.64. The van der Waals surface area contributed by atoms with E-state index < -0.39 is 0 Å². The van der Waals surface area contributed by atoms with Crippen molar-refractivity contribution in [1.82, 2.24) is 0 Å². The first kappa shape index (κ1) is 13.3. The Bertz CT molecular complexity index is 653. The van der Waals surface area contributed by atoms with Crippen molar-refractivity contribution in [2.45, 2.75) is 13.3 Å². The molecule has 0 saturated carbocycles. The number of thiophene rings is 1. The summed E-state index contributed by atoms with van der Waals surface area (Å²) in [5, 5.41) is 1.90. The van der Waals surface area contributed by atoms with Gasteiger partial charge >= 0.3 is 0 Å². The lowest BCUT2D eigenvalue weighted by atomic mass is 10.1. The Balaban J connectivity index is 2.24. The third kappa shape index (κ3) is 3.67. The average Bonchev–Trinajstić information content (AvgIpc) is 2.85. The number of rotatable bonds is 3. The molecule has 0 N–H and O–H groups in total. The zero-order chi connectivity index (χ0) is 13.7. The lowest BCUT2D eigenvalue weighted by molar-refractivity contribution is 0.0993. The highest BCUT2D eigenvalue weighted by Crippen LogP contribution is 2.18. The van der Waals surface area contributed by atoms with Crippen LogP contribution in [0.1, 0.15) is 34.1 Å². The van der Waals surface area contributed by atoms with E-state index in [-0.39, 0.29) is 5.78 Å². The summed E-state index contributed by atoms with van der Waals surface area (Å²) in [6.07, 6.45) is 0.386. The van der Waals surface area contributed by atoms with Gasteiger partial charge in [0.1, 0.15) is 0 Å². The molecule has 0 saturated heterocycles. The van der Waals surface area contributed by atoms with Gasteiger partial charge in [0.05, 0.1) is 4.88 Å². The number of benzene rings is 1. The molecule has 1 aromatic carbocycles. The van der Waals surface area contributed by atoms with Crippen LogP contribution >= 0.6 is 11.3 Å². The fourth-order valence-corrected chi connectivity index (χ4v) is 2.40. The van der Waals surface area contributed by atoms with Gasteiger partial charge in [0.25, 0.3) is 0 Å². The van der Waals surface area contributed by atoms with Crippen LogP contribution in [0.5, 0.6) is 0 Å². The summed E-state index contributed by atoms with van der Waals surface area (Å²) >= 11 is 1.50. The molecule has 2 heteroatoms. The highest BCUT2D eigenvalue weighted by Gasteiger charge is 2.11. The number of carbonyl (C=O) groups is 1. The minimum atomic E-state index is 0.0890. The molecule has 0 fully saturated rings. The average molecular weight is 266 g/mol. The van der Waals surface area contributed by atoms with Crippen LogP contribution in [0.4, 0.5) is 0 Å². The molecule has 0 radical (unpaired) electrons. The molecule has 0 amide bonds. The van der Waals surface area contributed by atoms with E-state index >= 15 is 0 Å². The van der Waals surface area contributed by atoms with E-state index in [9.17, 15) is 4.79 Å². The van der Waals surface area contributed by atoms with Crippen LogP contribution in [0.15, 0.2) is 53.9 Å². The number of carbonyl (C=O) groups excluding carboxylic acids is 1. The molecular formula is C17H14OS. The van der Waals surface area contributed by atoms with Crippen LogP contribution in [-0.4, -0.2) is 5.78 Å². The first-order valence-corrected chi connectivity index (χ1v) is 6.87. The molecule has 2 aromatic rings. The summed E-state index contributed by atoms with van der Waals surface area (Å²) in [6, 6.07) is 11.6. The van der Waals surface area contributed by atoms with Crippen LogP contribution in [0.3, 0.4) is 0 Å². The monoisotopic (exact) mass is 266 g/mol. The highest BCUT2D eigenvalue weighted by atomic mass is 32.1. The van der Waals surface area contributed by atoms with Crippen LogP contribution in [0.2, 0.25) is 0 Å². The lowest BCUT2D eigenvalue weighted by Gasteiger charge is -1.98. The third-order valence-corrected chi connectivity index (χ3v) is 3.35. The number of allylic oxidation sites excluding steroid dienone is 1. The molecule has 19 heavy (non-hydrogen) atoms. The SMILES string of the molecule is C=C(C)CC(=O)c1ccsc1C#Cc1ccccc1. The zero-order valence-electron chi connectivity index (χ0n) is 10.8. The summed E-state index contributed by atoms with van der Waals surface area (Å²) in [4.78, 5) is 12.9. The molecule has 1 heterocycles. The quantitative estimate of drug-likeness (QED) is 0.460. The normalized spacial score (nSPS) is 9.53. The summed E-state index contributed by atoms with van der Waals surface area (Å²) in [7, 11) is 0. The van der Waals surface area contributed by atoms with E-state index in [1.807, 2.05) is 48.7 Å². The van der Waals surface area contributed by atoms with Crippen molar-refractivity contribution in [3.63, 3.8) is 0 Å². The third-order valence-electron chi connectivity index (χ3n) is 2.52. The van der Waals surface area contributed by atoms with E-state index in [0.29, 0.717) is 12.0 Å². The number of Topliss-reactive ketones (excluding diaryl/α,β-unsaturated/α-hetero) is 1. The van der Waals surface area contributed by atoms with Crippen molar-refractivity contribution in [3.05, 3.63) is 69.9 Å². The standard InChI is InChI=1S/C17H14OS/c1-13(2)12-16(18)15-10-11-19-17(15)9-8-14-6-4-3-5-7-14/h3-7,10-11H,1,12H2,2H3. The van der Waals surface area contributed by atoms with Crippen LogP contribution in [0.25, 0.3) is 0 Å². The van der Waals surface area contributed by atoms with Gasteiger partial charge in [0, 0.05) is 17.5 Å². The Morgan fingerprint density at radius 3 is 2.63 bits per heavy atom. The zero-order valence-corrected chi connectivity index (χ0v) is 11.6. The van der Waals surface area contributed by atoms with E-state index in [1.54, 1.807) is 0 Å². The van der Waals surface area contributed by atoms with Gasteiger partial charge in [-0.25, -0.2) is 0 Å². The molecule has 0 aliphatic rings. The Morgan fingerprint density at radius 1 is 1.21 bits per heavy atom. The van der Waals surface area contributed by atoms with Crippen molar-refractivity contribution in [2.75, 3.05) is 0 Å². The molecule has 0 aliphatic heterocycles. The van der Waals surface area contributed by atoms with E-state index in [4.69, 9.17) is 0 Å². The first-order valence-electron chi connectivity index (χ1n) is 5.99. The van der Waals surface area contributed by atoms with Crippen molar-refractivity contribution in [3.8, 4) is 11.8 Å². The van der Waals surface area contributed by atoms with Gasteiger partial charge in [0.2, 0.25) is 0 Å². The second-order valence-corrected chi connectivity index (χ2v) is 5.25. The maximum atomic E-state index is 12.0. The van der Waals surface area contributed by atoms with Crippen LogP contribution in [0, 0.1) is 11.8 Å². The van der Waals surface area contributed by atoms with E-state index in [0.717, 1.165) is 16.0 Å². The van der Waals surface area contributed by atoms with Crippen molar-refractivity contribution < 1.29 is 4.79 Å². The maximum absolute atomic E-state index is 12.0. The summed E-state index contributed by atoms with van der Waals surface area (Å²) in [5.74, 6) is 6.25. The van der Waals surface area contributed by atoms with Gasteiger partial charge in [0.15, 0.2) is 5.78 Å². The summed E-state index contributed by atoms with van der Waals surface area (Å²) < 4.78 is 0. The Labute approximate surface area is 117 Å². The molecule has 2 rings (SSSR count). The topological polar surface area (TPSA) is 17.1 Å². The van der Waals surface area contributed by atoms with Crippen LogP contribution < -0.4 is 0 Å². The first-order chi connectivity index (χ1) is 9.16. The molecule has 0 unspecified atom stereocenters. The minimum Gasteiger partial charge on any atom is -0.294 e. The summed E-state index contributed by atoms with van der Waals surface area (Å²) in [5.41, 5.74) is 2.53. The smallest absolute Gasteiger partial charge is 0.168 e. The van der Waals surface area contributed by atoms with Crippen molar-refractivity contribution >= 4 is 17.1 Å². The Kier molecular flexibility index (Phi) is 4.33. The van der Waals surface area contributed by atoms with Gasteiger partial charge in [-0.2, -0.15) is 0 Å². The largest absolute Gasteiger partial charge is 0.294 e. The Hall–Kier alpha value is -2.11. The van der Waals surface area contributed by atoms with Gasteiger partial charge in [-0.15, -0.1) is 11.3 Å². The molecule has 0 spiro atoms. The van der Waals surface area contributed by atoms with E-state index in [2.05, 4.69) is 18.4 Å².